The summed E-state index contributed by atoms with van der Waals surface area (Å²) >= 11 is 12.0. The number of carbonyl (C=O) groups is 1. The topological polar surface area (TPSA) is 74.7 Å². The van der Waals surface area contributed by atoms with Crippen molar-refractivity contribution in [3.63, 3.8) is 0 Å². The van der Waals surface area contributed by atoms with Crippen LogP contribution in [0.15, 0.2) is 47.4 Å². The van der Waals surface area contributed by atoms with Crippen LogP contribution < -0.4 is 4.31 Å². The first-order valence-electron chi connectivity index (χ1n) is 6.63. The van der Waals surface area contributed by atoms with Crippen LogP contribution in [0.3, 0.4) is 0 Å². The highest BCUT2D eigenvalue weighted by Gasteiger charge is 2.35. The first-order chi connectivity index (χ1) is 11.2. The molecular weight excluding hydrogens is 380 g/mol. The lowest BCUT2D eigenvalue weighted by Crippen LogP contribution is -2.43. The fourth-order valence-corrected chi connectivity index (χ4v) is 4.09. The maximum Gasteiger partial charge on any atom is 0.327 e. The number of aliphatic carboxylic acids is 1. The fraction of sp³-hybridized carbons (Fsp3) is 0.133. The van der Waals surface area contributed by atoms with Crippen LogP contribution in [-0.2, 0) is 14.8 Å². The second-order valence-corrected chi connectivity index (χ2v) is 7.44. The van der Waals surface area contributed by atoms with E-state index in [9.17, 15) is 22.7 Å². The molecule has 0 aliphatic rings. The van der Waals surface area contributed by atoms with E-state index in [0.29, 0.717) is 4.31 Å². The van der Waals surface area contributed by atoms with Gasteiger partial charge in [-0.1, -0.05) is 29.3 Å². The summed E-state index contributed by atoms with van der Waals surface area (Å²) in [5.41, 5.74) is -0.0802. The number of hydrogen-bond acceptors (Lipinski definition) is 3. The number of rotatable bonds is 5. The third-order valence-corrected chi connectivity index (χ3v) is 5.96. The van der Waals surface area contributed by atoms with E-state index in [1.54, 1.807) is 0 Å². The number of carboxylic acid groups (broad SMARTS) is 1. The van der Waals surface area contributed by atoms with Crippen LogP contribution in [0.25, 0.3) is 0 Å². The maximum absolute atomic E-state index is 13.1. The first kappa shape index (κ1) is 18.5. The Morgan fingerprint density at radius 3 is 2.29 bits per heavy atom. The van der Waals surface area contributed by atoms with Gasteiger partial charge in [0.1, 0.15) is 11.9 Å². The van der Waals surface area contributed by atoms with Gasteiger partial charge in [-0.3, -0.25) is 4.31 Å². The average molecular weight is 392 g/mol. The largest absolute Gasteiger partial charge is 0.480 e. The predicted octanol–water partition coefficient (Wildman–Crippen LogP) is 3.80. The Balaban J connectivity index is 2.69. The average Bonchev–Trinajstić information content (AvgIpc) is 2.51. The molecule has 0 aliphatic carbocycles. The van der Waals surface area contributed by atoms with E-state index in [1.807, 2.05) is 0 Å². The van der Waals surface area contributed by atoms with Crippen molar-refractivity contribution in [1.29, 1.82) is 0 Å². The number of hydrogen-bond donors (Lipinski definition) is 1. The summed E-state index contributed by atoms with van der Waals surface area (Å²) in [7, 11) is -4.31. The van der Waals surface area contributed by atoms with Crippen LogP contribution in [0, 0.1) is 5.82 Å². The Morgan fingerprint density at radius 1 is 1.17 bits per heavy atom. The number of halogens is 3. The molecule has 2 rings (SSSR count). The number of nitrogens with zero attached hydrogens (tertiary/aromatic N) is 1. The molecule has 0 aliphatic heterocycles. The molecular formula is C15H12Cl2FNO4S. The van der Waals surface area contributed by atoms with E-state index >= 15 is 0 Å². The molecule has 0 heterocycles. The van der Waals surface area contributed by atoms with Crippen molar-refractivity contribution >= 4 is 44.9 Å². The zero-order valence-electron chi connectivity index (χ0n) is 12.3. The van der Waals surface area contributed by atoms with Gasteiger partial charge >= 0.3 is 5.97 Å². The van der Waals surface area contributed by atoms with Crippen LogP contribution in [0.5, 0.6) is 0 Å². The highest BCUT2D eigenvalue weighted by Crippen LogP contribution is 2.36. The van der Waals surface area contributed by atoms with Crippen molar-refractivity contribution in [1.82, 2.24) is 0 Å². The molecule has 1 unspecified atom stereocenters. The smallest absolute Gasteiger partial charge is 0.327 e. The van der Waals surface area contributed by atoms with Crippen molar-refractivity contribution < 1.29 is 22.7 Å². The van der Waals surface area contributed by atoms with E-state index in [1.165, 1.54) is 25.1 Å². The van der Waals surface area contributed by atoms with Gasteiger partial charge in [-0.15, -0.1) is 0 Å². The molecule has 24 heavy (non-hydrogen) atoms. The second-order valence-electron chi connectivity index (χ2n) is 4.84. The van der Waals surface area contributed by atoms with Crippen LogP contribution in [0.2, 0.25) is 10.0 Å². The zero-order valence-corrected chi connectivity index (χ0v) is 14.6. The molecule has 2 aromatic carbocycles. The van der Waals surface area contributed by atoms with Gasteiger partial charge in [0.2, 0.25) is 0 Å². The second kappa shape index (κ2) is 6.96. The van der Waals surface area contributed by atoms with Gasteiger partial charge in [0.25, 0.3) is 10.0 Å². The summed E-state index contributed by atoms with van der Waals surface area (Å²) in [6, 6.07) is 6.80. The van der Waals surface area contributed by atoms with Crippen molar-refractivity contribution in [2.45, 2.75) is 17.9 Å². The Bertz CT molecular complexity index is 872. The summed E-state index contributed by atoms with van der Waals surface area (Å²) in [6.45, 7) is 1.20. The highest BCUT2D eigenvalue weighted by atomic mass is 35.5. The molecule has 0 aromatic heterocycles. The molecule has 0 radical (unpaired) electrons. The molecule has 0 spiro atoms. The Morgan fingerprint density at radius 2 is 1.75 bits per heavy atom. The van der Waals surface area contributed by atoms with Gasteiger partial charge in [0, 0.05) is 0 Å². The lowest BCUT2D eigenvalue weighted by Gasteiger charge is -2.29. The summed E-state index contributed by atoms with van der Waals surface area (Å²) in [5.74, 6) is -2.00. The molecule has 0 saturated carbocycles. The predicted molar refractivity (Wildman–Crippen MR) is 89.6 cm³/mol. The maximum atomic E-state index is 13.1. The lowest BCUT2D eigenvalue weighted by molar-refractivity contribution is -0.137. The van der Waals surface area contributed by atoms with E-state index in [4.69, 9.17) is 23.2 Å². The molecule has 1 atom stereocenters. The monoisotopic (exact) mass is 391 g/mol. The Labute approximate surface area is 148 Å². The zero-order chi connectivity index (χ0) is 18.1. The number of anilines is 1. The summed E-state index contributed by atoms with van der Waals surface area (Å²) < 4.78 is 39.5. The molecule has 0 bridgehead atoms. The lowest BCUT2D eigenvalue weighted by atomic mass is 10.2. The molecule has 1 N–H and O–H groups in total. The first-order valence-corrected chi connectivity index (χ1v) is 8.82. The van der Waals surface area contributed by atoms with Gasteiger partial charge in [-0.25, -0.2) is 17.6 Å². The Hall–Kier alpha value is -1.83. The number of benzene rings is 2. The van der Waals surface area contributed by atoms with E-state index in [0.717, 1.165) is 24.3 Å². The SMILES string of the molecule is CC(C(=O)O)N(c1cccc(Cl)c1Cl)S(=O)(=O)c1ccc(F)cc1. The van der Waals surface area contributed by atoms with E-state index < -0.39 is 27.9 Å². The summed E-state index contributed by atoms with van der Waals surface area (Å²) in [4.78, 5) is 11.1. The normalized spacial score (nSPS) is 12.7. The standard InChI is InChI=1S/C15H12Cl2FNO4S/c1-9(15(20)21)19(13-4-2-3-12(16)14(13)17)24(22,23)11-7-5-10(18)6-8-11/h2-9H,1H3,(H,20,21). The molecule has 0 saturated heterocycles. The molecule has 2 aromatic rings. The third-order valence-electron chi connectivity index (χ3n) is 3.25. The van der Waals surface area contributed by atoms with Gasteiger partial charge in [-0.2, -0.15) is 0 Å². The number of sulfonamides is 1. The highest BCUT2D eigenvalue weighted by molar-refractivity contribution is 7.93. The van der Waals surface area contributed by atoms with Crippen LogP contribution in [-0.4, -0.2) is 25.5 Å². The molecule has 9 heteroatoms. The quantitative estimate of drug-likeness (QED) is 0.840. The van der Waals surface area contributed by atoms with Crippen LogP contribution in [0.4, 0.5) is 10.1 Å². The fourth-order valence-electron chi connectivity index (χ4n) is 2.03. The van der Waals surface area contributed by atoms with Gasteiger partial charge < -0.3 is 5.11 Å². The van der Waals surface area contributed by atoms with Crippen LogP contribution >= 0.6 is 23.2 Å². The van der Waals surface area contributed by atoms with E-state index in [2.05, 4.69) is 0 Å². The molecule has 128 valence electrons. The third kappa shape index (κ3) is 3.48. The van der Waals surface area contributed by atoms with Crippen molar-refractivity contribution in [3.05, 3.63) is 58.3 Å². The van der Waals surface area contributed by atoms with Crippen molar-refractivity contribution in [2.75, 3.05) is 4.31 Å². The minimum absolute atomic E-state index is 0.0751. The van der Waals surface area contributed by atoms with Crippen LogP contribution in [0.1, 0.15) is 6.92 Å². The minimum Gasteiger partial charge on any atom is -0.480 e. The van der Waals surface area contributed by atoms with Crippen molar-refractivity contribution in [3.8, 4) is 0 Å². The minimum atomic E-state index is -4.31. The van der Waals surface area contributed by atoms with E-state index in [-0.39, 0.29) is 20.6 Å². The van der Waals surface area contributed by atoms with Crippen molar-refractivity contribution in [2.24, 2.45) is 0 Å². The van der Waals surface area contributed by atoms with Gasteiger partial charge in [-0.05, 0) is 43.3 Å². The number of carboxylic acids is 1. The van der Waals surface area contributed by atoms with Gasteiger partial charge in [0.15, 0.2) is 0 Å². The summed E-state index contributed by atoms with van der Waals surface area (Å²) in [5, 5.41) is 9.26. The molecule has 5 nitrogen and oxygen atoms in total. The molecule has 0 fully saturated rings. The summed E-state index contributed by atoms with van der Waals surface area (Å²) in [6.07, 6.45) is 0. The molecule has 0 amide bonds. The Kier molecular flexibility index (Phi) is 5.37. The van der Waals surface area contributed by atoms with Gasteiger partial charge in [0.05, 0.1) is 20.6 Å².